The van der Waals surface area contributed by atoms with Crippen LogP contribution in [0.2, 0.25) is 0 Å². The maximum atomic E-state index is 11.4. The second-order valence-corrected chi connectivity index (χ2v) is 3.76. The maximum Gasteiger partial charge on any atom is 0.314 e. The first kappa shape index (κ1) is 14.5. The molecule has 0 aliphatic heterocycles. The van der Waals surface area contributed by atoms with Gasteiger partial charge in [0.2, 0.25) is 0 Å². The third-order valence-corrected chi connectivity index (χ3v) is 2.50. The van der Waals surface area contributed by atoms with Crippen molar-refractivity contribution in [2.75, 3.05) is 33.9 Å². The molecule has 2 amide bonds. The van der Waals surface area contributed by atoms with E-state index in [9.17, 15) is 4.79 Å². The number of nitrogens with one attached hydrogen (secondary N) is 2. The SMILES string of the molecule is COCCNC(=O)NCC(OC)c1ccccc1. The van der Waals surface area contributed by atoms with Crippen LogP contribution in [0, 0.1) is 0 Å². The van der Waals surface area contributed by atoms with Crippen LogP contribution in [0.4, 0.5) is 4.79 Å². The van der Waals surface area contributed by atoms with Crippen molar-refractivity contribution >= 4 is 6.03 Å². The highest BCUT2D eigenvalue weighted by Crippen LogP contribution is 2.14. The van der Waals surface area contributed by atoms with Crippen molar-refractivity contribution in [3.8, 4) is 0 Å². The van der Waals surface area contributed by atoms with Crippen LogP contribution < -0.4 is 10.6 Å². The van der Waals surface area contributed by atoms with Crippen molar-refractivity contribution in [2.24, 2.45) is 0 Å². The number of carbonyl (C=O) groups excluding carboxylic acids is 1. The van der Waals surface area contributed by atoms with Gasteiger partial charge in [-0.25, -0.2) is 4.79 Å². The average Bonchev–Trinajstić information content (AvgIpc) is 2.41. The smallest absolute Gasteiger partial charge is 0.314 e. The third kappa shape index (κ3) is 5.16. The number of hydrogen-bond donors (Lipinski definition) is 2. The molecule has 0 bridgehead atoms. The zero-order chi connectivity index (χ0) is 13.2. The topological polar surface area (TPSA) is 59.6 Å². The summed E-state index contributed by atoms with van der Waals surface area (Å²) in [5, 5.41) is 5.44. The standard InChI is InChI=1S/C13H20N2O3/c1-17-9-8-14-13(16)15-10-12(18-2)11-6-4-3-5-7-11/h3-7,12H,8-10H2,1-2H3,(H2,14,15,16). The van der Waals surface area contributed by atoms with Crippen molar-refractivity contribution in [3.05, 3.63) is 35.9 Å². The molecule has 0 aromatic heterocycles. The third-order valence-electron chi connectivity index (χ3n) is 2.50. The van der Waals surface area contributed by atoms with Gasteiger partial charge in [-0.3, -0.25) is 0 Å². The number of urea groups is 1. The minimum Gasteiger partial charge on any atom is -0.383 e. The van der Waals surface area contributed by atoms with Crippen molar-refractivity contribution in [3.63, 3.8) is 0 Å². The molecule has 0 radical (unpaired) electrons. The summed E-state index contributed by atoms with van der Waals surface area (Å²) in [4.78, 5) is 11.4. The van der Waals surface area contributed by atoms with Gasteiger partial charge < -0.3 is 20.1 Å². The zero-order valence-corrected chi connectivity index (χ0v) is 10.8. The molecule has 0 aliphatic rings. The predicted molar refractivity (Wildman–Crippen MR) is 69.5 cm³/mol. The summed E-state index contributed by atoms with van der Waals surface area (Å²) in [5.74, 6) is 0. The lowest BCUT2D eigenvalue weighted by Gasteiger charge is -2.16. The summed E-state index contributed by atoms with van der Waals surface area (Å²) >= 11 is 0. The number of methoxy groups -OCH3 is 2. The lowest BCUT2D eigenvalue weighted by Crippen LogP contribution is -2.39. The van der Waals surface area contributed by atoms with Crippen LogP contribution >= 0.6 is 0 Å². The molecule has 5 heteroatoms. The second-order valence-electron chi connectivity index (χ2n) is 3.76. The van der Waals surface area contributed by atoms with Crippen LogP contribution in [0.15, 0.2) is 30.3 Å². The van der Waals surface area contributed by atoms with Gasteiger partial charge in [-0.05, 0) is 5.56 Å². The molecule has 0 aliphatic carbocycles. The number of ether oxygens (including phenoxy) is 2. The number of carbonyl (C=O) groups is 1. The molecule has 0 saturated carbocycles. The molecule has 0 saturated heterocycles. The molecule has 1 rings (SSSR count). The van der Waals surface area contributed by atoms with Crippen molar-refractivity contribution < 1.29 is 14.3 Å². The average molecular weight is 252 g/mol. The Morgan fingerprint density at radius 3 is 2.56 bits per heavy atom. The Labute approximate surface area is 107 Å². The van der Waals surface area contributed by atoms with E-state index in [2.05, 4.69) is 10.6 Å². The minimum atomic E-state index is -0.218. The minimum absolute atomic E-state index is 0.139. The fourth-order valence-electron chi connectivity index (χ4n) is 1.52. The summed E-state index contributed by atoms with van der Waals surface area (Å²) in [7, 11) is 3.22. The number of amides is 2. The maximum absolute atomic E-state index is 11.4. The van der Waals surface area contributed by atoms with Gasteiger partial charge in [0.1, 0.15) is 0 Å². The van der Waals surface area contributed by atoms with Gasteiger partial charge in [0, 0.05) is 27.3 Å². The summed E-state index contributed by atoms with van der Waals surface area (Å²) in [6, 6.07) is 9.56. The van der Waals surface area contributed by atoms with Gasteiger partial charge in [-0.2, -0.15) is 0 Å². The normalized spacial score (nSPS) is 11.9. The molecule has 2 N–H and O–H groups in total. The van der Waals surface area contributed by atoms with E-state index in [0.29, 0.717) is 19.7 Å². The Bertz CT molecular complexity index is 343. The Balaban J connectivity index is 2.34. The van der Waals surface area contributed by atoms with Crippen LogP contribution in [0.3, 0.4) is 0 Å². The van der Waals surface area contributed by atoms with E-state index < -0.39 is 0 Å². The largest absolute Gasteiger partial charge is 0.383 e. The Kier molecular flexibility index (Phi) is 6.83. The van der Waals surface area contributed by atoms with Gasteiger partial charge in [0.25, 0.3) is 0 Å². The first-order valence-corrected chi connectivity index (χ1v) is 5.86. The van der Waals surface area contributed by atoms with Crippen LogP contribution in [0.5, 0.6) is 0 Å². The van der Waals surface area contributed by atoms with E-state index in [1.54, 1.807) is 14.2 Å². The zero-order valence-electron chi connectivity index (χ0n) is 10.8. The van der Waals surface area contributed by atoms with Crippen molar-refractivity contribution in [1.29, 1.82) is 0 Å². The van der Waals surface area contributed by atoms with E-state index >= 15 is 0 Å². The Hall–Kier alpha value is -1.59. The Morgan fingerprint density at radius 1 is 1.22 bits per heavy atom. The second kappa shape index (κ2) is 8.49. The monoisotopic (exact) mass is 252 g/mol. The van der Waals surface area contributed by atoms with E-state index in [1.165, 1.54) is 0 Å². The van der Waals surface area contributed by atoms with E-state index in [0.717, 1.165) is 5.56 Å². The molecular formula is C13H20N2O3. The molecule has 1 atom stereocenters. The predicted octanol–water partition coefficient (Wildman–Crippen LogP) is 1.32. The van der Waals surface area contributed by atoms with Gasteiger partial charge in [-0.1, -0.05) is 30.3 Å². The molecular weight excluding hydrogens is 232 g/mol. The van der Waals surface area contributed by atoms with Gasteiger partial charge in [0.05, 0.1) is 12.7 Å². The molecule has 5 nitrogen and oxygen atoms in total. The van der Waals surface area contributed by atoms with Gasteiger partial charge in [-0.15, -0.1) is 0 Å². The fourth-order valence-corrected chi connectivity index (χ4v) is 1.52. The highest BCUT2D eigenvalue weighted by molar-refractivity contribution is 5.73. The van der Waals surface area contributed by atoms with Crippen LogP contribution in [-0.4, -0.2) is 39.9 Å². The lowest BCUT2D eigenvalue weighted by atomic mass is 10.1. The molecule has 100 valence electrons. The Morgan fingerprint density at radius 2 is 1.94 bits per heavy atom. The highest BCUT2D eigenvalue weighted by atomic mass is 16.5. The first-order valence-electron chi connectivity index (χ1n) is 5.86. The van der Waals surface area contributed by atoms with E-state index in [4.69, 9.17) is 9.47 Å². The van der Waals surface area contributed by atoms with Crippen molar-refractivity contribution in [2.45, 2.75) is 6.10 Å². The van der Waals surface area contributed by atoms with Gasteiger partial charge in [0.15, 0.2) is 0 Å². The summed E-state index contributed by atoms with van der Waals surface area (Å²) in [6.45, 7) is 1.42. The van der Waals surface area contributed by atoms with E-state index in [-0.39, 0.29) is 12.1 Å². The first-order chi connectivity index (χ1) is 8.77. The van der Waals surface area contributed by atoms with Gasteiger partial charge >= 0.3 is 6.03 Å². The quantitative estimate of drug-likeness (QED) is 0.719. The number of hydrogen-bond acceptors (Lipinski definition) is 3. The van der Waals surface area contributed by atoms with Crippen LogP contribution in [0.1, 0.15) is 11.7 Å². The molecule has 1 unspecified atom stereocenters. The molecule has 0 heterocycles. The summed E-state index contributed by atoms with van der Waals surface area (Å²) < 4.78 is 10.2. The fraction of sp³-hybridized carbons (Fsp3) is 0.462. The highest BCUT2D eigenvalue weighted by Gasteiger charge is 2.10. The molecule has 1 aromatic rings. The summed E-state index contributed by atoms with van der Waals surface area (Å²) in [5.41, 5.74) is 1.04. The number of rotatable bonds is 7. The lowest BCUT2D eigenvalue weighted by molar-refractivity contribution is 0.104. The molecule has 0 spiro atoms. The summed E-state index contributed by atoms with van der Waals surface area (Å²) in [6.07, 6.45) is -0.139. The van der Waals surface area contributed by atoms with Crippen LogP contribution in [0.25, 0.3) is 0 Å². The molecule has 18 heavy (non-hydrogen) atoms. The van der Waals surface area contributed by atoms with Crippen LogP contribution in [-0.2, 0) is 9.47 Å². The molecule has 0 fully saturated rings. The number of benzene rings is 1. The van der Waals surface area contributed by atoms with E-state index in [1.807, 2.05) is 30.3 Å². The molecule has 1 aromatic carbocycles. The van der Waals surface area contributed by atoms with Crippen molar-refractivity contribution in [1.82, 2.24) is 10.6 Å².